The third kappa shape index (κ3) is 4.26. The number of methoxy groups -OCH3 is 2. The van der Waals surface area contributed by atoms with Crippen LogP contribution in [0.2, 0.25) is 5.04 Å². The van der Waals surface area contributed by atoms with Gasteiger partial charge in [0.1, 0.15) is 6.10 Å². The first-order valence-corrected chi connectivity index (χ1v) is 12.4. The Morgan fingerprint density at radius 2 is 1.43 bits per heavy atom. The molecule has 4 atom stereocenters. The van der Waals surface area contributed by atoms with E-state index in [4.69, 9.17) is 18.6 Å². The minimum absolute atomic E-state index is 0.0485. The summed E-state index contributed by atoms with van der Waals surface area (Å²) in [6.45, 7) is 7.04. The van der Waals surface area contributed by atoms with Crippen molar-refractivity contribution < 1.29 is 23.7 Å². The summed E-state index contributed by atoms with van der Waals surface area (Å²) in [5, 5.41) is 12.3. The fraction of sp³-hybridized carbons (Fsp3) is 0.500. The Morgan fingerprint density at radius 3 is 1.83 bits per heavy atom. The van der Waals surface area contributed by atoms with Gasteiger partial charge in [-0.1, -0.05) is 81.4 Å². The predicted octanol–water partition coefficient (Wildman–Crippen LogP) is 2.56. The van der Waals surface area contributed by atoms with Gasteiger partial charge >= 0.3 is 0 Å². The molecule has 30 heavy (non-hydrogen) atoms. The molecule has 1 heterocycles. The van der Waals surface area contributed by atoms with Crippen LogP contribution >= 0.6 is 0 Å². The molecule has 0 aromatic heterocycles. The summed E-state index contributed by atoms with van der Waals surface area (Å²) in [6.07, 6.45) is -1.15. The number of aliphatic hydroxyl groups excluding tert-OH is 1. The number of aliphatic hydroxyl groups is 1. The highest BCUT2D eigenvalue weighted by molar-refractivity contribution is 6.99. The summed E-state index contributed by atoms with van der Waals surface area (Å²) in [7, 11) is 0.546. The highest BCUT2D eigenvalue weighted by Gasteiger charge is 2.52. The zero-order valence-corrected chi connectivity index (χ0v) is 19.6. The molecule has 1 fully saturated rings. The van der Waals surface area contributed by atoms with E-state index in [9.17, 15) is 5.11 Å². The fourth-order valence-corrected chi connectivity index (χ4v) is 9.16. The van der Waals surface area contributed by atoms with E-state index in [0.717, 1.165) is 0 Å². The van der Waals surface area contributed by atoms with Crippen molar-refractivity contribution in [2.24, 2.45) is 5.92 Å². The molecule has 0 saturated carbocycles. The lowest BCUT2D eigenvalue weighted by Crippen LogP contribution is -2.67. The predicted molar refractivity (Wildman–Crippen MR) is 121 cm³/mol. The van der Waals surface area contributed by atoms with Crippen LogP contribution in [0.25, 0.3) is 0 Å². The van der Waals surface area contributed by atoms with Crippen molar-refractivity contribution in [3.63, 3.8) is 0 Å². The first-order valence-electron chi connectivity index (χ1n) is 10.5. The van der Waals surface area contributed by atoms with Crippen LogP contribution in [-0.2, 0) is 18.6 Å². The maximum absolute atomic E-state index is 10.0. The molecule has 0 spiro atoms. The van der Waals surface area contributed by atoms with Crippen molar-refractivity contribution in [1.29, 1.82) is 0 Å². The summed E-state index contributed by atoms with van der Waals surface area (Å²) >= 11 is 0. The third-order valence-corrected chi connectivity index (χ3v) is 11.1. The number of hydrogen-bond acceptors (Lipinski definition) is 5. The molecule has 1 aliphatic heterocycles. The second-order valence-corrected chi connectivity index (χ2v) is 13.1. The first-order chi connectivity index (χ1) is 14.4. The molecule has 0 unspecified atom stereocenters. The molecule has 1 N–H and O–H groups in total. The van der Waals surface area contributed by atoms with Crippen LogP contribution in [0.3, 0.4) is 0 Å². The van der Waals surface area contributed by atoms with Gasteiger partial charge in [0, 0.05) is 20.1 Å². The second kappa shape index (κ2) is 9.72. The summed E-state index contributed by atoms with van der Waals surface area (Å²) in [5.74, 6) is -0.210. The van der Waals surface area contributed by atoms with Crippen LogP contribution in [0.15, 0.2) is 60.7 Å². The normalized spacial score (nSPS) is 24.9. The first kappa shape index (κ1) is 23.1. The molecule has 0 amide bonds. The van der Waals surface area contributed by atoms with Crippen LogP contribution in [0.4, 0.5) is 0 Å². The van der Waals surface area contributed by atoms with Gasteiger partial charge < -0.3 is 23.7 Å². The van der Waals surface area contributed by atoms with Crippen molar-refractivity contribution in [2.45, 2.75) is 44.3 Å². The second-order valence-electron chi connectivity index (χ2n) is 8.80. The van der Waals surface area contributed by atoms with E-state index in [2.05, 4.69) is 69.3 Å². The van der Waals surface area contributed by atoms with Crippen molar-refractivity contribution >= 4 is 18.7 Å². The van der Waals surface area contributed by atoms with E-state index in [1.165, 1.54) is 10.4 Å². The minimum Gasteiger partial charge on any atom is -0.405 e. The van der Waals surface area contributed by atoms with E-state index >= 15 is 0 Å². The van der Waals surface area contributed by atoms with Crippen molar-refractivity contribution in [3.05, 3.63) is 60.7 Å². The van der Waals surface area contributed by atoms with Crippen molar-refractivity contribution in [1.82, 2.24) is 0 Å². The molecule has 0 radical (unpaired) electrons. The highest BCUT2D eigenvalue weighted by Crippen LogP contribution is 2.38. The molecule has 6 heteroatoms. The number of rotatable bonds is 8. The molecule has 1 saturated heterocycles. The summed E-state index contributed by atoms with van der Waals surface area (Å²) in [6, 6.07) is 21.0. The smallest absolute Gasteiger partial charge is 0.261 e. The van der Waals surface area contributed by atoms with Gasteiger partial charge in [0.15, 0.2) is 6.29 Å². The average Bonchev–Trinajstić information content (AvgIpc) is 3.11. The lowest BCUT2D eigenvalue weighted by atomic mass is 10.00. The Morgan fingerprint density at radius 1 is 0.900 bits per heavy atom. The van der Waals surface area contributed by atoms with Gasteiger partial charge in [0.2, 0.25) is 0 Å². The van der Waals surface area contributed by atoms with Crippen LogP contribution in [0.1, 0.15) is 20.8 Å². The summed E-state index contributed by atoms with van der Waals surface area (Å²) in [5.41, 5.74) is 0. The minimum atomic E-state index is -2.67. The molecule has 0 aliphatic carbocycles. The molecule has 0 bridgehead atoms. The topological polar surface area (TPSA) is 57.2 Å². The number of ether oxygens (including phenoxy) is 3. The van der Waals surface area contributed by atoms with E-state index < -0.39 is 14.6 Å². The zero-order valence-electron chi connectivity index (χ0n) is 18.6. The standard InChI is InChI=1S/C24H34O5Si/c1-24(2,3)30(18-12-8-6-9-13-18,19-14-10-7-11-15-19)28-17-21-20(16-25)22(26-4)23(27-5)29-21/h6-15,20-23,25H,16-17H2,1-5H3/t20-,21-,22-,23+/m1/s1. The Kier molecular flexibility index (Phi) is 7.50. The maximum Gasteiger partial charge on any atom is 0.261 e. The molecule has 164 valence electrons. The van der Waals surface area contributed by atoms with Gasteiger partial charge in [0.25, 0.3) is 8.32 Å². The van der Waals surface area contributed by atoms with Gasteiger partial charge in [-0.2, -0.15) is 0 Å². The van der Waals surface area contributed by atoms with Gasteiger partial charge in [-0.05, 0) is 15.4 Å². The van der Waals surface area contributed by atoms with Crippen LogP contribution in [0.5, 0.6) is 0 Å². The Bertz CT molecular complexity index is 738. The molecule has 3 rings (SSSR count). The number of hydrogen-bond donors (Lipinski definition) is 1. The molecule has 5 nitrogen and oxygen atoms in total. The Balaban J connectivity index is 2.00. The van der Waals surface area contributed by atoms with Gasteiger partial charge in [-0.3, -0.25) is 0 Å². The SMILES string of the molecule is CO[C@H]1O[C@H](CO[Si](c2ccccc2)(c2ccccc2)C(C)(C)C)[C@@H](CO)[C@H]1OC. The van der Waals surface area contributed by atoms with Gasteiger partial charge in [0.05, 0.1) is 19.3 Å². The maximum atomic E-state index is 10.0. The van der Waals surface area contributed by atoms with E-state index in [-0.39, 0.29) is 29.8 Å². The Hall–Kier alpha value is -1.54. The fourth-order valence-electron chi connectivity index (χ4n) is 4.59. The van der Waals surface area contributed by atoms with E-state index in [1.807, 2.05) is 12.1 Å². The average molecular weight is 431 g/mol. The molecular weight excluding hydrogens is 396 g/mol. The van der Waals surface area contributed by atoms with E-state index in [1.54, 1.807) is 14.2 Å². The van der Waals surface area contributed by atoms with E-state index in [0.29, 0.717) is 6.61 Å². The zero-order chi connectivity index (χ0) is 21.8. The van der Waals surface area contributed by atoms with Gasteiger partial charge in [-0.25, -0.2) is 0 Å². The van der Waals surface area contributed by atoms with Crippen molar-refractivity contribution in [3.8, 4) is 0 Å². The lowest BCUT2D eigenvalue weighted by molar-refractivity contribution is -0.158. The quantitative estimate of drug-likeness (QED) is 0.653. The summed E-state index contributed by atoms with van der Waals surface area (Å²) in [4.78, 5) is 0. The molecule has 2 aromatic rings. The highest BCUT2D eigenvalue weighted by atomic mass is 28.4. The monoisotopic (exact) mass is 430 g/mol. The molecular formula is C24H34O5Si. The molecule has 2 aromatic carbocycles. The van der Waals surface area contributed by atoms with Crippen molar-refractivity contribution in [2.75, 3.05) is 27.4 Å². The molecule has 1 aliphatic rings. The third-order valence-electron chi connectivity index (χ3n) is 6.07. The van der Waals surface area contributed by atoms with Crippen LogP contribution < -0.4 is 10.4 Å². The van der Waals surface area contributed by atoms with Crippen LogP contribution in [0, 0.1) is 5.92 Å². The lowest BCUT2D eigenvalue weighted by Gasteiger charge is -2.43. The summed E-state index contributed by atoms with van der Waals surface area (Å²) < 4.78 is 24.1. The van der Waals surface area contributed by atoms with Gasteiger partial charge in [-0.15, -0.1) is 0 Å². The number of benzene rings is 2. The Labute approximate surface area is 181 Å². The largest absolute Gasteiger partial charge is 0.405 e. The van der Waals surface area contributed by atoms with Crippen LogP contribution in [-0.4, -0.2) is 59.4 Å².